The zero-order chi connectivity index (χ0) is 17.3. The molecule has 0 radical (unpaired) electrons. The maximum Gasteiger partial charge on any atom is 0.107 e. The topological polar surface area (TPSA) is 38.7 Å². The van der Waals surface area contributed by atoms with Crippen LogP contribution in [0.15, 0.2) is 0 Å². The summed E-state index contributed by atoms with van der Waals surface area (Å²) < 4.78 is 11.0. The van der Waals surface area contributed by atoms with Crippen LogP contribution in [0.25, 0.3) is 0 Å². The van der Waals surface area contributed by atoms with Gasteiger partial charge in [-0.25, -0.2) is 0 Å². The van der Waals surface area contributed by atoms with Crippen molar-refractivity contribution in [1.29, 1.82) is 0 Å². The summed E-state index contributed by atoms with van der Waals surface area (Å²) >= 11 is 0. The van der Waals surface area contributed by atoms with E-state index in [0.29, 0.717) is 13.2 Å². The van der Waals surface area contributed by atoms with Crippen molar-refractivity contribution < 1.29 is 14.6 Å². The molecule has 0 amide bonds. The van der Waals surface area contributed by atoms with Crippen LogP contribution in [0.3, 0.4) is 0 Å². The van der Waals surface area contributed by atoms with Crippen LogP contribution in [0, 0.1) is 0 Å². The second-order valence-electron chi connectivity index (χ2n) is 7.44. The number of hydrogen-bond donors (Lipinski definition) is 1. The van der Waals surface area contributed by atoms with Crippen molar-refractivity contribution in [2.75, 3.05) is 19.8 Å². The van der Waals surface area contributed by atoms with Crippen molar-refractivity contribution >= 4 is 0 Å². The Labute approximate surface area is 150 Å². The highest BCUT2D eigenvalue weighted by Gasteiger charge is 2.25. The van der Waals surface area contributed by atoms with E-state index in [0.717, 1.165) is 19.4 Å². The molecule has 1 fully saturated rings. The number of hydrogen-bond acceptors (Lipinski definition) is 3. The number of aliphatic hydroxyl groups is 1. The average Bonchev–Trinajstić information content (AvgIpc) is 2.99. The molecule has 1 aliphatic rings. The molecule has 1 saturated heterocycles. The Morgan fingerprint density at radius 3 is 1.75 bits per heavy atom. The molecule has 0 bridgehead atoms. The Bertz CT molecular complexity index is 257. The predicted octanol–water partition coefficient (Wildman–Crippen LogP) is 5.63. The maximum absolute atomic E-state index is 9.61. The fourth-order valence-corrected chi connectivity index (χ4v) is 3.39. The highest BCUT2D eigenvalue weighted by molar-refractivity contribution is 4.74. The minimum absolute atomic E-state index is 0.0864. The van der Waals surface area contributed by atoms with Crippen LogP contribution < -0.4 is 0 Å². The fraction of sp³-hybridized carbons (Fsp3) is 1.00. The minimum atomic E-state index is -0.318. The molecule has 1 aliphatic heterocycles. The molecule has 0 aromatic carbocycles. The van der Waals surface area contributed by atoms with E-state index in [2.05, 4.69) is 6.92 Å². The number of ether oxygens (including phenoxy) is 2. The Kier molecular flexibility index (Phi) is 14.9. The zero-order valence-corrected chi connectivity index (χ0v) is 16.1. The van der Waals surface area contributed by atoms with Crippen molar-refractivity contribution in [2.45, 2.75) is 115 Å². The Morgan fingerprint density at radius 2 is 1.29 bits per heavy atom. The first-order valence-electron chi connectivity index (χ1n) is 10.7. The van der Waals surface area contributed by atoms with Gasteiger partial charge in [0.05, 0.1) is 12.7 Å². The molecule has 24 heavy (non-hydrogen) atoms. The molecule has 0 spiro atoms. The van der Waals surface area contributed by atoms with E-state index in [4.69, 9.17) is 9.47 Å². The third kappa shape index (κ3) is 12.3. The summed E-state index contributed by atoms with van der Waals surface area (Å²) in [6.07, 6.45) is 19.7. The van der Waals surface area contributed by atoms with Gasteiger partial charge in [0.15, 0.2) is 0 Å². The maximum atomic E-state index is 9.61. The van der Waals surface area contributed by atoms with Gasteiger partial charge in [0, 0.05) is 13.2 Å². The quantitative estimate of drug-likeness (QED) is 0.348. The van der Waals surface area contributed by atoms with E-state index in [1.54, 1.807) is 0 Å². The van der Waals surface area contributed by atoms with Gasteiger partial charge in [0.1, 0.15) is 6.10 Å². The van der Waals surface area contributed by atoms with Crippen LogP contribution in [-0.2, 0) is 9.47 Å². The van der Waals surface area contributed by atoms with E-state index in [9.17, 15) is 5.11 Å². The van der Waals surface area contributed by atoms with Gasteiger partial charge in [-0.05, 0) is 12.8 Å². The number of rotatable bonds is 17. The molecule has 1 heterocycles. The van der Waals surface area contributed by atoms with Gasteiger partial charge in [-0.2, -0.15) is 0 Å². The van der Waals surface area contributed by atoms with E-state index in [1.807, 2.05) is 0 Å². The Hall–Kier alpha value is -0.120. The normalized spacial score (nSPS) is 20.8. The van der Waals surface area contributed by atoms with E-state index >= 15 is 0 Å². The van der Waals surface area contributed by atoms with Gasteiger partial charge in [-0.3, -0.25) is 0 Å². The summed E-state index contributed by atoms with van der Waals surface area (Å²) in [5.74, 6) is 0. The van der Waals surface area contributed by atoms with Crippen LogP contribution in [0.5, 0.6) is 0 Å². The van der Waals surface area contributed by atoms with Gasteiger partial charge in [0.2, 0.25) is 0 Å². The van der Waals surface area contributed by atoms with Gasteiger partial charge in [-0.1, -0.05) is 90.4 Å². The van der Waals surface area contributed by atoms with Gasteiger partial charge >= 0.3 is 0 Å². The fourth-order valence-electron chi connectivity index (χ4n) is 3.39. The molecule has 0 aromatic heterocycles. The van der Waals surface area contributed by atoms with Crippen LogP contribution in [-0.4, -0.2) is 37.1 Å². The third-order valence-electron chi connectivity index (χ3n) is 5.10. The van der Waals surface area contributed by atoms with Crippen molar-refractivity contribution in [3.63, 3.8) is 0 Å². The van der Waals surface area contributed by atoms with Crippen molar-refractivity contribution in [3.8, 4) is 0 Å². The summed E-state index contributed by atoms with van der Waals surface area (Å²) in [6.45, 7) is 4.32. The standard InChI is InChI=1S/C21H42O3/c1-2-3-4-5-6-7-8-9-10-11-12-13-14-15-17-23-19-21-20(22)16-18-24-21/h20-22H,2-19H2,1H3/t20-,21+/m0/s1. The summed E-state index contributed by atoms with van der Waals surface area (Å²) in [5.41, 5.74) is 0. The Morgan fingerprint density at radius 1 is 0.792 bits per heavy atom. The lowest BCUT2D eigenvalue weighted by atomic mass is 10.0. The molecule has 3 heteroatoms. The lowest BCUT2D eigenvalue weighted by Gasteiger charge is -2.13. The third-order valence-corrected chi connectivity index (χ3v) is 5.10. The lowest BCUT2D eigenvalue weighted by Crippen LogP contribution is -2.26. The number of aliphatic hydroxyl groups excluding tert-OH is 1. The first-order chi connectivity index (χ1) is 11.8. The molecule has 2 atom stereocenters. The molecule has 1 N–H and O–H groups in total. The molecule has 0 unspecified atom stereocenters. The van der Waals surface area contributed by atoms with E-state index in [1.165, 1.54) is 83.5 Å². The Balaban J connectivity index is 1.67. The second kappa shape index (κ2) is 16.4. The lowest BCUT2D eigenvalue weighted by molar-refractivity contribution is -0.0246. The summed E-state index contributed by atoms with van der Waals surface area (Å²) in [7, 11) is 0. The SMILES string of the molecule is CCCCCCCCCCCCCCCCOC[C@H]1OCC[C@@H]1O. The zero-order valence-electron chi connectivity index (χ0n) is 16.1. The first-order valence-corrected chi connectivity index (χ1v) is 10.7. The van der Waals surface area contributed by atoms with Crippen LogP contribution in [0.1, 0.15) is 103 Å². The van der Waals surface area contributed by atoms with Crippen molar-refractivity contribution in [2.24, 2.45) is 0 Å². The van der Waals surface area contributed by atoms with Gasteiger partial charge in [-0.15, -0.1) is 0 Å². The molecule has 3 nitrogen and oxygen atoms in total. The van der Waals surface area contributed by atoms with Crippen LogP contribution in [0.4, 0.5) is 0 Å². The summed E-state index contributed by atoms with van der Waals surface area (Å²) in [5, 5.41) is 9.61. The monoisotopic (exact) mass is 342 g/mol. The highest BCUT2D eigenvalue weighted by Crippen LogP contribution is 2.14. The molecule has 1 rings (SSSR count). The highest BCUT2D eigenvalue weighted by atomic mass is 16.5. The van der Waals surface area contributed by atoms with Crippen molar-refractivity contribution in [3.05, 3.63) is 0 Å². The van der Waals surface area contributed by atoms with Crippen LogP contribution in [0.2, 0.25) is 0 Å². The largest absolute Gasteiger partial charge is 0.390 e. The molecule has 144 valence electrons. The van der Waals surface area contributed by atoms with Gasteiger partial charge in [0.25, 0.3) is 0 Å². The molecular formula is C21H42O3. The second-order valence-corrected chi connectivity index (χ2v) is 7.44. The van der Waals surface area contributed by atoms with Gasteiger partial charge < -0.3 is 14.6 Å². The van der Waals surface area contributed by atoms with Crippen molar-refractivity contribution in [1.82, 2.24) is 0 Å². The molecule has 0 aliphatic carbocycles. The summed E-state index contributed by atoms with van der Waals surface area (Å²) in [4.78, 5) is 0. The smallest absolute Gasteiger partial charge is 0.107 e. The first kappa shape index (κ1) is 21.9. The molecule has 0 aromatic rings. The summed E-state index contributed by atoms with van der Waals surface area (Å²) in [6, 6.07) is 0. The minimum Gasteiger partial charge on any atom is -0.390 e. The van der Waals surface area contributed by atoms with E-state index in [-0.39, 0.29) is 12.2 Å². The van der Waals surface area contributed by atoms with E-state index < -0.39 is 0 Å². The average molecular weight is 343 g/mol. The molecule has 0 saturated carbocycles. The molecular weight excluding hydrogens is 300 g/mol. The predicted molar refractivity (Wildman–Crippen MR) is 101 cm³/mol. The van der Waals surface area contributed by atoms with Crippen LogP contribution >= 0.6 is 0 Å². The number of unbranched alkanes of at least 4 members (excludes halogenated alkanes) is 13.